The third kappa shape index (κ3) is 2.42. The minimum Gasteiger partial charge on any atom is -0.362 e. The second-order valence-electron chi connectivity index (χ2n) is 5.65. The summed E-state index contributed by atoms with van der Waals surface area (Å²) in [7, 11) is 4.11. The predicted molar refractivity (Wildman–Crippen MR) is 79.7 cm³/mol. The molecule has 3 heteroatoms. The Morgan fingerprint density at radius 2 is 1.74 bits per heavy atom. The average molecular weight is 255 g/mol. The topological polar surface area (TPSA) is 29.0 Å². The second kappa shape index (κ2) is 5.16. The molecule has 1 fully saturated rings. The van der Waals surface area contributed by atoms with Gasteiger partial charge >= 0.3 is 0 Å². The molecule has 0 N–H and O–H groups in total. The number of para-hydroxylation sites is 1. The summed E-state index contributed by atoms with van der Waals surface area (Å²) in [5.41, 5.74) is 1.07. The maximum atomic E-state index is 4.84. The van der Waals surface area contributed by atoms with E-state index in [1.165, 1.54) is 32.1 Å². The van der Waals surface area contributed by atoms with Gasteiger partial charge in [0.15, 0.2) is 0 Å². The number of fused-ring (bicyclic) bond motifs is 1. The van der Waals surface area contributed by atoms with Gasteiger partial charge in [0.05, 0.1) is 5.52 Å². The van der Waals surface area contributed by atoms with E-state index in [4.69, 9.17) is 9.97 Å². The fourth-order valence-corrected chi connectivity index (χ4v) is 2.96. The molecule has 0 aliphatic heterocycles. The maximum Gasteiger partial charge on any atom is 0.139 e. The van der Waals surface area contributed by atoms with Gasteiger partial charge in [0, 0.05) is 25.4 Å². The molecule has 1 heterocycles. The number of hydrogen-bond donors (Lipinski definition) is 0. The van der Waals surface area contributed by atoms with Crippen LogP contribution in [-0.4, -0.2) is 24.1 Å². The van der Waals surface area contributed by atoms with Crippen molar-refractivity contribution in [3.8, 4) is 0 Å². The number of benzene rings is 1. The van der Waals surface area contributed by atoms with E-state index in [1.807, 2.05) is 0 Å². The van der Waals surface area contributed by atoms with E-state index < -0.39 is 0 Å². The molecule has 0 unspecified atom stereocenters. The average Bonchev–Trinajstić information content (AvgIpc) is 2.47. The van der Waals surface area contributed by atoms with Crippen molar-refractivity contribution in [2.24, 2.45) is 0 Å². The summed E-state index contributed by atoms with van der Waals surface area (Å²) in [4.78, 5) is 11.7. The first kappa shape index (κ1) is 12.4. The van der Waals surface area contributed by atoms with Gasteiger partial charge in [0.25, 0.3) is 0 Å². The molecule has 1 aliphatic rings. The molecule has 1 saturated carbocycles. The van der Waals surface area contributed by atoms with Crippen molar-refractivity contribution in [3.05, 3.63) is 30.1 Å². The fraction of sp³-hybridized carbons (Fsp3) is 0.500. The molecule has 3 rings (SSSR count). The maximum absolute atomic E-state index is 4.84. The Morgan fingerprint density at radius 1 is 1.00 bits per heavy atom. The molecule has 1 aromatic heterocycles. The summed E-state index contributed by atoms with van der Waals surface area (Å²) in [5, 5.41) is 1.15. The first-order chi connectivity index (χ1) is 9.25. The summed E-state index contributed by atoms with van der Waals surface area (Å²) in [6.07, 6.45) is 6.48. The highest BCUT2D eigenvalue weighted by Crippen LogP contribution is 2.33. The van der Waals surface area contributed by atoms with Crippen LogP contribution in [0.2, 0.25) is 0 Å². The Morgan fingerprint density at radius 3 is 2.47 bits per heavy atom. The molecule has 1 aliphatic carbocycles. The summed E-state index contributed by atoms with van der Waals surface area (Å²) < 4.78 is 0. The lowest BCUT2D eigenvalue weighted by Gasteiger charge is -2.22. The smallest absolute Gasteiger partial charge is 0.139 e. The summed E-state index contributed by atoms with van der Waals surface area (Å²) in [6, 6.07) is 8.31. The van der Waals surface area contributed by atoms with E-state index in [2.05, 4.69) is 43.3 Å². The van der Waals surface area contributed by atoms with Crippen LogP contribution in [0, 0.1) is 0 Å². The molecular weight excluding hydrogens is 234 g/mol. The van der Waals surface area contributed by atoms with Crippen molar-refractivity contribution in [3.63, 3.8) is 0 Å². The van der Waals surface area contributed by atoms with Crippen LogP contribution in [0.1, 0.15) is 43.8 Å². The molecule has 3 nitrogen and oxygen atoms in total. The summed E-state index contributed by atoms with van der Waals surface area (Å²) in [6.45, 7) is 0. The lowest BCUT2D eigenvalue weighted by atomic mass is 9.88. The molecule has 0 amide bonds. The zero-order chi connectivity index (χ0) is 13.2. The van der Waals surface area contributed by atoms with Gasteiger partial charge in [-0.2, -0.15) is 0 Å². The molecule has 0 bridgehead atoms. The van der Waals surface area contributed by atoms with E-state index in [9.17, 15) is 0 Å². The van der Waals surface area contributed by atoms with Crippen LogP contribution in [-0.2, 0) is 0 Å². The van der Waals surface area contributed by atoms with Crippen LogP contribution in [0.3, 0.4) is 0 Å². The van der Waals surface area contributed by atoms with Crippen molar-refractivity contribution in [2.75, 3.05) is 19.0 Å². The number of hydrogen-bond acceptors (Lipinski definition) is 3. The normalized spacial score (nSPS) is 16.7. The molecule has 19 heavy (non-hydrogen) atoms. The predicted octanol–water partition coefficient (Wildman–Crippen LogP) is 3.74. The standard InChI is InChI=1S/C16H21N3/c1-19(2)16-13-10-6-7-11-14(13)17-15(18-16)12-8-4-3-5-9-12/h6-7,10-12H,3-5,8-9H2,1-2H3. The van der Waals surface area contributed by atoms with Gasteiger partial charge in [-0.15, -0.1) is 0 Å². The number of rotatable bonds is 2. The number of anilines is 1. The highest BCUT2D eigenvalue weighted by molar-refractivity contribution is 5.89. The quantitative estimate of drug-likeness (QED) is 0.818. The van der Waals surface area contributed by atoms with Crippen molar-refractivity contribution in [1.82, 2.24) is 9.97 Å². The van der Waals surface area contributed by atoms with Crippen LogP contribution >= 0.6 is 0 Å². The number of nitrogens with zero attached hydrogens (tertiary/aromatic N) is 3. The van der Waals surface area contributed by atoms with Crippen molar-refractivity contribution in [2.45, 2.75) is 38.0 Å². The molecule has 0 atom stereocenters. The van der Waals surface area contributed by atoms with Gasteiger partial charge in [0.2, 0.25) is 0 Å². The molecule has 0 spiro atoms. The summed E-state index contributed by atoms with van der Waals surface area (Å²) in [5.74, 6) is 2.64. The first-order valence-corrected chi connectivity index (χ1v) is 7.19. The Hall–Kier alpha value is -1.64. The zero-order valence-corrected chi connectivity index (χ0v) is 11.8. The highest BCUT2D eigenvalue weighted by Gasteiger charge is 2.20. The fourth-order valence-electron chi connectivity index (χ4n) is 2.96. The molecule has 2 aromatic rings. The van der Waals surface area contributed by atoms with Gasteiger partial charge < -0.3 is 4.90 Å². The van der Waals surface area contributed by atoms with Crippen molar-refractivity contribution in [1.29, 1.82) is 0 Å². The van der Waals surface area contributed by atoms with Gasteiger partial charge in [-0.1, -0.05) is 31.4 Å². The Kier molecular flexibility index (Phi) is 3.36. The lowest BCUT2D eigenvalue weighted by molar-refractivity contribution is 0.429. The van der Waals surface area contributed by atoms with Gasteiger partial charge in [-0.05, 0) is 25.0 Å². The Labute approximate surface area is 114 Å². The van der Waals surface area contributed by atoms with Crippen molar-refractivity contribution >= 4 is 16.7 Å². The van der Waals surface area contributed by atoms with Gasteiger partial charge in [0.1, 0.15) is 11.6 Å². The largest absolute Gasteiger partial charge is 0.362 e. The van der Waals surface area contributed by atoms with E-state index in [-0.39, 0.29) is 0 Å². The Balaban J connectivity index is 2.10. The van der Waals surface area contributed by atoms with Crippen LogP contribution in [0.4, 0.5) is 5.82 Å². The van der Waals surface area contributed by atoms with Crippen LogP contribution < -0.4 is 4.90 Å². The van der Waals surface area contributed by atoms with Gasteiger partial charge in [-0.3, -0.25) is 0 Å². The first-order valence-electron chi connectivity index (χ1n) is 7.19. The third-order valence-electron chi connectivity index (χ3n) is 3.99. The van der Waals surface area contributed by atoms with Crippen LogP contribution in [0.25, 0.3) is 10.9 Å². The van der Waals surface area contributed by atoms with E-state index in [0.29, 0.717) is 5.92 Å². The SMILES string of the molecule is CN(C)c1nc(C2CCCCC2)nc2ccccc12. The summed E-state index contributed by atoms with van der Waals surface area (Å²) >= 11 is 0. The molecule has 0 saturated heterocycles. The van der Waals surface area contributed by atoms with Gasteiger partial charge in [-0.25, -0.2) is 9.97 Å². The number of aromatic nitrogens is 2. The van der Waals surface area contributed by atoms with Crippen LogP contribution in [0.5, 0.6) is 0 Å². The lowest BCUT2D eigenvalue weighted by Crippen LogP contribution is -2.15. The second-order valence-corrected chi connectivity index (χ2v) is 5.65. The molecule has 100 valence electrons. The zero-order valence-electron chi connectivity index (χ0n) is 11.8. The molecular formula is C16H21N3. The Bertz CT molecular complexity index is 571. The van der Waals surface area contributed by atoms with E-state index in [1.54, 1.807) is 0 Å². The van der Waals surface area contributed by atoms with Crippen molar-refractivity contribution < 1.29 is 0 Å². The minimum atomic E-state index is 0.553. The third-order valence-corrected chi connectivity index (χ3v) is 3.99. The van der Waals surface area contributed by atoms with E-state index >= 15 is 0 Å². The minimum absolute atomic E-state index is 0.553. The molecule has 0 radical (unpaired) electrons. The monoisotopic (exact) mass is 255 g/mol. The van der Waals surface area contributed by atoms with E-state index in [0.717, 1.165) is 22.5 Å². The van der Waals surface area contributed by atoms with Crippen LogP contribution in [0.15, 0.2) is 24.3 Å². The molecule has 1 aromatic carbocycles. The highest BCUT2D eigenvalue weighted by atomic mass is 15.2.